The van der Waals surface area contributed by atoms with Crippen LogP contribution in [0.4, 0.5) is 0 Å². The number of rotatable bonds is 11. The molecule has 0 aliphatic carbocycles. The van der Waals surface area contributed by atoms with Crippen LogP contribution in [0.15, 0.2) is 119 Å². The molecule has 2 heteroatoms. The monoisotopic (exact) mass is 478 g/mol. The minimum absolute atomic E-state index is 1.17. The van der Waals surface area contributed by atoms with Crippen LogP contribution in [0.2, 0.25) is 0 Å². The van der Waals surface area contributed by atoms with Crippen molar-refractivity contribution in [2.75, 3.05) is 11.5 Å². The van der Waals surface area contributed by atoms with Crippen molar-refractivity contribution in [1.82, 2.24) is 0 Å². The fourth-order valence-electron chi connectivity index (χ4n) is 3.45. The van der Waals surface area contributed by atoms with E-state index in [9.17, 15) is 0 Å². The Hall–Kier alpha value is -2.94. The molecule has 0 N–H and O–H groups in total. The molecule has 170 valence electrons. The number of hydrogen-bond donors (Lipinski definition) is 0. The first-order valence-corrected chi connectivity index (χ1v) is 13.7. The summed E-state index contributed by atoms with van der Waals surface area (Å²) >= 11 is 3.91. The van der Waals surface area contributed by atoms with Gasteiger partial charge in [0.25, 0.3) is 0 Å². The molecular weight excluding hydrogens is 448 g/mol. The molecule has 4 aromatic carbocycles. The van der Waals surface area contributed by atoms with E-state index in [1.165, 1.54) is 56.4 Å². The zero-order chi connectivity index (χ0) is 23.3. The van der Waals surface area contributed by atoms with Crippen molar-refractivity contribution in [3.63, 3.8) is 0 Å². The Labute approximate surface area is 212 Å². The van der Waals surface area contributed by atoms with E-state index in [1.54, 1.807) is 0 Å². The fourth-order valence-corrected chi connectivity index (χ4v) is 5.27. The maximum atomic E-state index is 2.23. The lowest BCUT2D eigenvalue weighted by Crippen LogP contribution is -1.85. The zero-order valence-electron chi connectivity index (χ0n) is 19.3. The minimum Gasteiger partial charge on any atom is -0.126 e. The summed E-state index contributed by atoms with van der Waals surface area (Å²) in [7, 11) is 0. The molecule has 0 heterocycles. The number of thioether (sulfide) groups is 2. The molecule has 4 aromatic rings. The molecule has 0 amide bonds. The topological polar surface area (TPSA) is 0 Å². The first-order chi connectivity index (χ1) is 16.8. The molecule has 34 heavy (non-hydrogen) atoms. The third-order valence-corrected chi connectivity index (χ3v) is 7.57. The molecule has 0 saturated heterocycles. The Morgan fingerprint density at radius 3 is 1.06 bits per heavy atom. The third kappa shape index (κ3) is 8.44. The lowest BCUT2D eigenvalue weighted by Gasteiger charge is -2.04. The summed E-state index contributed by atoms with van der Waals surface area (Å²) in [4.78, 5) is 2.70. The van der Waals surface area contributed by atoms with E-state index in [1.807, 2.05) is 35.7 Å². The summed E-state index contributed by atoms with van der Waals surface area (Å²) < 4.78 is 0. The largest absolute Gasteiger partial charge is 0.126 e. The van der Waals surface area contributed by atoms with Crippen LogP contribution in [0, 0.1) is 0 Å². The predicted octanol–water partition coefficient (Wildman–Crippen LogP) is 9.69. The van der Waals surface area contributed by atoms with Crippen molar-refractivity contribution in [1.29, 1.82) is 0 Å². The van der Waals surface area contributed by atoms with E-state index >= 15 is 0 Å². The van der Waals surface area contributed by atoms with Crippen molar-refractivity contribution < 1.29 is 0 Å². The maximum absolute atomic E-state index is 2.23. The SMILES string of the molecule is C(=C\c1ccc(SCCCCSc2ccc(/C=C/c3ccccc3)cc2)cc1)/c1ccccc1. The van der Waals surface area contributed by atoms with Crippen molar-refractivity contribution >= 4 is 47.8 Å². The summed E-state index contributed by atoms with van der Waals surface area (Å²) in [6, 6.07) is 38.6. The van der Waals surface area contributed by atoms with Crippen molar-refractivity contribution in [2.24, 2.45) is 0 Å². The number of benzene rings is 4. The summed E-state index contributed by atoms with van der Waals surface area (Å²) in [6.07, 6.45) is 11.2. The van der Waals surface area contributed by atoms with Crippen LogP contribution in [-0.4, -0.2) is 11.5 Å². The second-order valence-electron chi connectivity index (χ2n) is 8.03. The van der Waals surface area contributed by atoms with Crippen LogP contribution in [0.1, 0.15) is 35.1 Å². The lowest BCUT2D eigenvalue weighted by molar-refractivity contribution is 0.907. The normalized spacial score (nSPS) is 11.4. The molecule has 0 atom stereocenters. The summed E-state index contributed by atoms with van der Waals surface area (Å²) in [6.45, 7) is 0. The molecule has 0 unspecified atom stereocenters. The second-order valence-corrected chi connectivity index (χ2v) is 10.4. The quantitative estimate of drug-likeness (QED) is 0.119. The van der Waals surface area contributed by atoms with Gasteiger partial charge in [0.05, 0.1) is 0 Å². The van der Waals surface area contributed by atoms with Gasteiger partial charge in [-0.2, -0.15) is 0 Å². The van der Waals surface area contributed by atoms with Crippen LogP contribution < -0.4 is 0 Å². The molecule has 0 aromatic heterocycles. The van der Waals surface area contributed by atoms with Crippen molar-refractivity contribution in [3.8, 4) is 0 Å². The molecule has 0 aliphatic rings. The van der Waals surface area contributed by atoms with E-state index in [4.69, 9.17) is 0 Å². The highest BCUT2D eigenvalue weighted by atomic mass is 32.2. The lowest BCUT2D eigenvalue weighted by atomic mass is 10.1. The highest BCUT2D eigenvalue weighted by Gasteiger charge is 1.98. The van der Waals surface area contributed by atoms with Crippen molar-refractivity contribution in [2.45, 2.75) is 22.6 Å². The van der Waals surface area contributed by atoms with E-state index < -0.39 is 0 Å². The molecule has 0 bridgehead atoms. The van der Waals surface area contributed by atoms with Gasteiger partial charge in [0.2, 0.25) is 0 Å². The maximum Gasteiger partial charge on any atom is 0.00723 e. The molecule has 0 aliphatic heterocycles. The van der Waals surface area contributed by atoms with E-state index in [-0.39, 0.29) is 0 Å². The van der Waals surface area contributed by atoms with Gasteiger partial charge in [0, 0.05) is 9.79 Å². The van der Waals surface area contributed by atoms with Gasteiger partial charge in [-0.05, 0) is 70.9 Å². The number of hydrogen-bond acceptors (Lipinski definition) is 2. The Morgan fingerprint density at radius 1 is 0.382 bits per heavy atom. The standard InChI is InChI=1S/C32H30S2/c1-3-9-27(10-4-1)13-15-29-17-21-31(22-18-29)33-25-7-8-26-34-32-23-19-30(20-24-32)16-14-28-11-5-2-6-12-28/h1-6,9-24H,7-8,25-26H2/b15-13+,16-14+. The van der Waals surface area contributed by atoms with Gasteiger partial charge < -0.3 is 0 Å². The summed E-state index contributed by atoms with van der Waals surface area (Å²) in [5.74, 6) is 2.34. The molecule has 0 saturated carbocycles. The highest BCUT2D eigenvalue weighted by molar-refractivity contribution is 7.99. The molecule has 0 spiro atoms. The highest BCUT2D eigenvalue weighted by Crippen LogP contribution is 2.24. The van der Waals surface area contributed by atoms with Crippen LogP contribution in [-0.2, 0) is 0 Å². The Morgan fingerprint density at radius 2 is 0.706 bits per heavy atom. The van der Waals surface area contributed by atoms with Gasteiger partial charge in [0.15, 0.2) is 0 Å². The van der Waals surface area contributed by atoms with E-state index in [0.717, 1.165) is 0 Å². The summed E-state index contributed by atoms with van der Waals surface area (Å²) in [5.41, 5.74) is 4.95. The van der Waals surface area contributed by atoms with Crippen LogP contribution in [0.25, 0.3) is 24.3 Å². The third-order valence-electron chi connectivity index (χ3n) is 5.37. The smallest absolute Gasteiger partial charge is 0.00723 e. The molecule has 4 rings (SSSR count). The average molecular weight is 479 g/mol. The van der Waals surface area contributed by atoms with Gasteiger partial charge in [-0.1, -0.05) is 109 Å². The van der Waals surface area contributed by atoms with E-state index in [0.29, 0.717) is 0 Å². The Kier molecular flexibility index (Phi) is 9.74. The van der Waals surface area contributed by atoms with Gasteiger partial charge in [-0.3, -0.25) is 0 Å². The minimum atomic E-state index is 1.17. The Bertz CT molecular complexity index is 1060. The van der Waals surface area contributed by atoms with E-state index in [2.05, 4.69) is 121 Å². The molecular formula is C32H30S2. The fraction of sp³-hybridized carbons (Fsp3) is 0.125. The van der Waals surface area contributed by atoms with Crippen molar-refractivity contribution in [3.05, 3.63) is 131 Å². The molecule has 0 nitrogen and oxygen atoms in total. The predicted molar refractivity (Wildman–Crippen MR) is 154 cm³/mol. The molecule has 0 fully saturated rings. The van der Waals surface area contributed by atoms with Crippen LogP contribution in [0.5, 0.6) is 0 Å². The second kappa shape index (κ2) is 13.7. The summed E-state index contributed by atoms with van der Waals surface area (Å²) in [5, 5.41) is 0. The van der Waals surface area contributed by atoms with Gasteiger partial charge in [0.1, 0.15) is 0 Å². The van der Waals surface area contributed by atoms with Crippen LogP contribution in [0.3, 0.4) is 0 Å². The first kappa shape index (κ1) is 24.2. The van der Waals surface area contributed by atoms with Gasteiger partial charge >= 0.3 is 0 Å². The average Bonchev–Trinajstić information content (AvgIpc) is 2.91. The van der Waals surface area contributed by atoms with Gasteiger partial charge in [-0.15, -0.1) is 23.5 Å². The Balaban J connectivity index is 1.12. The zero-order valence-corrected chi connectivity index (χ0v) is 21.0. The van der Waals surface area contributed by atoms with Gasteiger partial charge in [-0.25, -0.2) is 0 Å². The molecule has 0 radical (unpaired) electrons. The van der Waals surface area contributed by atoms with Crippen LogP contribution >= 0.6 is 23.5 Å². The number of unbranched alkanes of at least 4 members (excludes halogenated alkanes) is 1. The first-order valence-electron chi connectivity index (χ1n) is 11.8.